The van der Waals surface area contributed by atoms with Gasteiger partial charge in [-0.1, -0.05) is 0 Å². The molecule has 0 bridgehead atoms. The first-order valence-corrected chi connectivity index (χ1v) is 23.3. The Kier molecular flexibility index (Phi) is 8.15. The smallest absolute Gasteiger partial charge is 0.187 e. The molecule has 0 unspecified atom stereocenters. The lowest BCUT2D eigenvalue weighted by Crippen LogP contribution is -2.63. The third-order valence-corrected chi connectivity index (χ3v) is 7.24. The molecule has 0 aromatic heterocycles. The van der Waals surface area contributed by atoms with Crippen LogP contribution in [0.15, 0.2) is 0 Å². The molecule has 0 saturated carbocycles. The van der Waals surface area contributed by atoms with E-state index in [0.29, 0.717) is 6.61 Å². The largest absolute Gasteiger partial charge is 0.410 e. The summed E-state index contributed by atoms with van der Waals surface area (Å²) in [5.74, 6) is 0. The molecule has 1 aliphatic rings. The Hall–Kier alpha value is 0.668. The predicted octanol–water partition coefficient (Wildman–Crippen LogP) is 4.85. The van der Waals surface area contributed by atoms with E-state index in [4.69, 9.17) is 22.4 Å². The van der Waals surface area contributed by atoms with E-state index in [-0.39, 0.29) is 24.6 Å². The highest BCUT2D eigenvalue weighted by molar-refractivity contribution is 6.71. The van der Waals surface area contributed by atoms with Gasteiger partial charge in [0.05, 0.1) is 12.7 Å². The van der Waals surface area contributed by atoms with E-state index in [1.807, 2.05) is 0 Å². The van der Waals surface area contributed by atoms with Gasteiger partial charge in [0.15, 0.2) is 39.6 Å². The molecule has 9 heteroatoms. The molecule has 26 heavy (non-hydrogen) atoms. The minimum absolute atomic E-state index is 0.101. The third-order valence-electron chi connectivity index (χ3n) is 3.34. The predicted molar refractivity (Wildman–Crippen MR) is 119 cm³/mol. The van der Waals surface area contributed by atoms with Crippen molar-refractivity contribution in [1.29, 1.82) is 0 Å². The first-order chi connectivity index (χ1) is 11.4. The van der Waals surface area contributed by atoms with Crippen molar-refractivity contribution in [2.45, 2.75) is 103 Å². The molecular weight excluding hydrogens is 397 g/mol. The fourth-order valence-electron chi connectivity index (χ4n) is 2.83. The zero-order valence-corrected chi connectivity index (χ0v) is 23.1. The molecule has 4 atom stereocenters. The van der Waals surface area contributed by atoms with Gasteiger partial charge in [0.25, 0.3) is 0 Å². The molecular formula is C17H42O5Si4. The van der Waals surface area contributed by atoms with Crippen molar-refractivity contribution in [1.82, 2.24) is 0 Å². The van der Waals surface area contributed by atoms with Crippen LogP contribution in [0.1, 0.15) is 0 Å². The summed E-state index contributed by atoms with van der Waals surface area (Å²) in [6.45, 7) is 26.9. The molecule has 156 valence electrons. The topological polar surface area (TPSA) is 46.2 Å². The van der Waals surface area contributed by atoms with Crippen molar-refractivity contribution in [3.05, 3.63) is 0 Å². The first-order valence-electron chi connectivity index (χ1n) is 9.69. The van der Waals surface area contributed by atoms with Crippen LogP contribution < -0.4 is 0 Å². The van der Waals surface area contributed by atoms with Gasteiger partial charge in [-0.15, -0.1) is 0 Å². The van der Waals surface area contributed by atoms with Crippen LogP contribution in [0.4, 0.5) is 0 Å². The Morgan fingerprint density at radius 1 is 0.538 bits per heavy atom. The van der Waals surface area contributed by atoms with E-state index in [1.165, 1.54) is 0 Å². The second-order valence-electron chi connectivity index (χ2n) is 11.1. The summed E-state index contributed by atoms with van der Waals surface area (Å²) in [6, 6.07) is 0. The summed E-state index contributed by atoms with van der Waals surface area (Å²) >= 11 is 0. The van der Waals surface area contributed by atoms with Gasteiger partial charge in [0.2, 0.25) is 0 Å². The highest BCUT2D eigenvalue weighted by Crippen LogP contribution is 2.31. The Morgan fingerprint density at radius 3 is 1.31 bits per heavy atom. The van der Waals surface area contributed by atoms with Crippen molar-refractivity contribution in [3.8, 4) is 0 Å². The monoisotopic (exact) mass is 438 g/mol. The van der Waals surface area contributed by atoms with E-state index in [1.54, 1.807) is 0 Å². The Morgan fingerprint density at radius 2 is 0.923 bits per heavy atom. The molecule has 0 aromatic rings. The van der Waals surface area contributed by atoms with Crippen LogP contribution in [-0.4, -0.2) is 64.5 Å². The highest BCUT2D eigenvalue weighted by Gasteiger charge is 2.48. The molecule has 1 fully saturated rings. The van der Waals surface area contributed by atoms with Crippen LogP contribution in [-0.2, 0) is 22.4 Å². The molecule has 1 aliphatic heterocycles. The van der Waals surface area contributed by atoms with Gasteiger partial charge in [-0.2, -0.15) is 0 Å². The highest BCUT2D eigenvalue weighted by atomic mass is 28.4. The van der Waals surface area contributed by atoms with Crippen LogP contribution in [0.25, 0.3) is 0 Å². The number of hydrogen-bond acceptors (Lipinski definition) is 5. The van der Waals surface area contributed by atoms with Crippen LogP contribution >= 0.6 is 0 Å². The molecule has 0 aliphatic carbocycles. The van der Waals surface area contributed by atoms with Gasteiger partial charge in [-0.05, 0) is 78.6 Å². The number of ether oxygens (including phenoxy) is 1. The first kappa shape index (κ1) is 24.7. The lowest BCUT2D eigenvalue weighted by molar-refractivity contribution is -0.232. The quantitative estimate of drug-likeness (QED) is 0.507. The van der Waals surface area contributed by atoms with Crippen LogP contribution in [0.3, 0.4) is 0 Å². The van der Waals surface area contributed by atoms with E-state index >= 15 is 0 Å². The Bertz CT molecular complexity index is 406. The maximum absolute atomic E-state index is 6.63. The zero-order chi connectivity index (χ0) is 20.6. The molecule has 1 rings (SSSR count). The fraction of sp³-hybridized carbons (Fsp3) is 1.00. The second kappa shape index (κ2) is 8.58. The minimum Gasteiger partial charge on any atom is -0.410 e. The van der Waals surface area contributed by atoms with E-state index in [9.17, 15) is 0 Å². The Labute approximate surface area is 165 Å². The van der Waals surface area contributed by atoms with Gasteiger partial charge in [-0.25, -0.2) is 0 Å². The molecule has 1 saturated heterocycles. The van der Waals surface area contributed by atoms with Gasteiger partial charge >= 0.3 is 0 Å². The van der Waals surface area contributed by atoms with Gasteiger partial charge in [-0.3, -0.25) is 0 Å². The maximum Gasteiger partial charge on any atom is 0.187 e. The summed E-state index contributed by atoms with van der Waals surface area (Å²) in [5, 5.41) is 0. The lowest BCUT2D eigenvalue weighted by atomic mass is 10.1. The third kappa shape index (κ3) is 9.74. The summed E-state index contributed by atoms with van der Waals surface area (Å²) in [4.78, 5) is 0. The van der Waals surface area contributed by atoms with Crippen molar-refractivity contribution < 1.29 is 22.4 Å². The lowest BCUT2D eigenvalue weighted by Gasteiger charge is -2.48. The van der Waals surface area contributed by atoms with Crippen LogP contribution in [0.2, 0.25) is 78.6 Å². The summed E-state index contributed by atoms with van der Waals surface area (Å²) in [7, 11) is -7.14. The van der Waals surface area contributed by atoms with Crippen LogP contribution in [0.5, 0.6) is 0 Å². The van der Waals surface area contributed by atoms with Gasteiger partial charge < -0.3 is 22.4 Å². The molecule has 0 radical (unpaired) electrons. The average molecular weight is 439 g/mol. The molecule has 0 N–H and O–H groups in total. The van der Waals surface area contributed by atoms with Crippen molar-refractivity contribution in [2.75, 3.05) is 6.61 Å². The van der Waals surface area contributed by atoms with Crippen molar-refractivity contribution in [2.24, 2.45) is 0 Å². The summed E-state index contributed by atoms with van der Waals surface area (Å²) < 4.78 is 32.2. The minimum atomic E-state index is -1.82. The van der Waals surface area contributed by atoms with E-state index < -0.39 is 33.3 Å². The molecule has 1 heterocycles. The molecule has 0 spiro atoms. The van der Waals surface area contributed by atoms with E-state index in [2.05, 4.69) is 78.6 Å². The summed E-state index contributed by atoms with van der Waals surface area (Å²) in [6.07, 6.45) is -0.863. The zero-order valence-electron chi connectivity index (χ0n) is 19.1. The second-order valence-corrected chi connectivity index (χ2v) is 28.9. The SMILES string of the molecule is C[Si](C)(C)O[C@H]1OC[C@@H](O[Si](C)(C)C)[C@@H](O[Si](C)(C)C)[C@H]1O[Si](C)(C)C. The number of hydrogen-bond donors (Lipinski definition) is 0. The van der Waals surface area contributed by atoms with Crippen molar-refractivity contribution >= 4 is 33.3 Å². The molecule has 0 amide bonds. The van der Waals surface area contributed by atoms with E-state index in [0.717, 1.165) is 0 Å². The standard InChI is InChI=1S/C17H42O5Si4/c1-23(2,3)19-14-13-18-17(22-26(10,11)12)16(21-25(7,8)9)15(14)20-24(4,5)6/h14-17H,13H2,1-12H3/t14-,15-,16-,17-/m1/s1. The fourth-order valence-corrected chi connectivity index (χ4v) is 7.01. The average Bonchev–Trinajstić information content (AvgIpc) is 2.30. The molecule has 0 aromatic carbocycles. The van der Waals surface area contributed by atoms with Gasteiger partial charge in [0, 0.05) is 0 Å². The number of rotatable bonds is 8. The van der Waals surface area contributed by atoms with Crippen molar-refractivity contribution in [3.63, 3.8) is 0 Å². The normalized spacial score (nSPS) is 29.1. The van der Waals surface area contributed by atoms with Crippen LogP contribution in [0, 0.1) is 0 Å². The van der Waals surface area contributed by atoms with Gasteiger partial charge in [0.1, 0.15) is 12.2 Å². The molecule has 5 nitrogen and oxygen atoms in total. The Balaban J connectivity index is 3.20. The summed E-state index contributed by atoms with van der Waals surface area (Å²) in [5.41, 5.74) is 0. The maximum atomic E-state index is 6.63.